The van der Waals surface area contributed by atoms with Crippen molar-refractivity contribution in [3.8, 4) is 5.75 Å². The minimum absolute atomic E-state index is 0.231. The largest absolute Gasteiger partial charge is 0.573 e. The Morgan fingerprint density at radius 1 is 0.971 bits per heavy atom. The first kappa shape index (κ1) is 25.4. The van der Waals surface area contributed by atoms with Gasteiger partial charge in [0.2, 0.25) is 0 Å². The molecular weight excluding hydrogens is 478 g/mol. The van der Waals surface area contributed by atoms with Crippen LogP contribution in [-0.4, -0.2) is 56.6 Å². The van der Waals surface area contributed by atoms with Gasteiger partial charge in [-0.2, -0.15) is 13.2 Å². The zero-order valence-electron chi connectivity index (χ0n) is 18.7. The molecular formula is C24H26F6N2O3. The van der Waals surface area contributed by atoms with E-state index < -0.39 is 37.0 Å². The number of anilines is 2. The molecule has 2 atom stereocenters. The lowest BCUT2D eigenvalue weighted by molar-refractivity contribution is -0.274. The number of aliphatic hydroxyl groups is 1. The summed E-state index contributed by atoms with van der Waals surface area (Å²) in [5.74, 6) is -0.147. The van der Waals surface area contributed by atoms with Gasteiger partial charge in [0.15, 0.2) is 6.10 Å². The molecule has 1 N–H and O–H groups in total. The Kier molecular flexibility index (Phi) is 7.37. The maximum absolute atomic E-state index is 13.3. The molecule has 35 heavy (non-hydrogen) atoms. The number of rotatable bonds is 6. The number of halogens is 6. The third-order valence-electron chi connectivity index (χ3n) is 6.34. The van der Waals surface area contributed by atoms with Crippen molar-refractivity contribution in [2.24, 2.45) is 5.92 Å². The van der Waals surface area contributed by atoms with Crippen LogP contribution in [0.3, 0.4) is 0 Å². The Hall–Kier alpha value is -2.66. The van der Waals surface area contributed by atoms with Crippen molar-refractivity contribution < 1.29 is 40.9 Å². The van der Waals surface area contributed by atoms with Crippen LogP contribution in [0.5, 0.6) is 5.75 Å². The predicted octanol–water partition coefficient (Wildman–Crippen LogP) is 5.30. The summed E-state index contributed by atoms with van der Waals surface area (Å²) in [6.45, 7) is 1.36. The minimum Gasteiger partial charge on any atom is -0.406 e. The van der Waals surface area contributed by atoms with Crippen molar-refractivity contribution >= 4 is 11.4 Å². The van der Waals surface area contributed by atoms with E-state index >= 15 is 0 Å². The molecule has 0 radical (unpaired) electrons. The van der Waals surface area contributed by atoms with Crippen molar-refractivity contribution in [3.05, 3.63) is 54.1 Å². The van der Waals surface area contributed by atoms with Gasteiger partial charge < -0.3 is 24.4 Å². The minimum atomic E-state index is -4.90. The lowest BCUT2D eigenvalue weighted by Crippen LogP contribution is -2.50. The number of para-hydroxylation sites is 2. The van der Waals surface area contributed by atoms with E-state index in [0.29, 0.717) is 42.6 Å². The van der Waals surface area contributed by atoms with Crippen molar-refractivity contribution in [1.82, 2.24) is 0 Å². The first-order valence-corrected chi connectivity index (χ1v) is 11.3. The number of alkyl halides is 6. The lowest BCUT2D eigenvalue weighted by atomic mass is 9.95. The van der Waals surface area contributed by atoms with Crippen molar-refractivity contribution in [1.29, 1.82) is 0 Å². The molecule has 2 aromatic carbocycles. The van der Waals surface area contributed by atoms with Crippen LogP contribution in [0.15, 0.2) is 48.5 Å². The quantitative estimate of drug-likeness (QED) is 0.541. The standard InChI is InChI=1S/C24H26F6N2O3/c25-23(26,27)22(33)15-32-20-7-2-1-6-19(20)31(13-16-8-10-34-11-9-16)14-21(32)17-4-3-5-18(12-17)35-24(28,29)30/h1-7,12,16,21-22,33H,8-11,13-15H2. The summed E-state index contributed by atoms with van der Waals surface area (Å²) >= 11 is 0. The topological polar surface area (TPSA) is 45.2 Å². The van der Waals surface area contributed by atoms with E-state index in [0.717, 1.165) is 18.9 Å². The average molecular weight is 504 g/mol. The van der Waals surface area contributed by atoms with E-state index in [1.54, 1.807) is 30.3 Å². The molecule has 192 valence electrons. The van der Waals surface area contributed by atoms with Crippen LogP contribution in [0.4, 0.5) is 37.7 Å². The molecule has 1 fully saturated rings. The number of β-amino-alcohol motifs (C(OH)–C–C–N with tert-alkyl or cyclic N) is 1. The van der Waals surface area contributed by atoms with E-state index in [1.165, 1.54) is 17.0 Å². The van der Waals surface area contributed by atoms with Crippen LogP contribution in [0.25, 0.3) is 0 Å². The van der Waals surface area contributed by atoms with Gasteiger partial charge in [0.05, 0.1) is 24.0 Å². The maximum atomic E-state index is 13.3. The van der Waals surface area contributed by atoms with Crippen LogP contribution in [0, 0.1) is 5.92 Å². The smallest absolute Gasteiger partial charge is 0.406 e. The summed E-state index contributed by atoms with van der Waals surface area (Å²) in [4.78, 5) is 3.48. The first-order valence-electron chi connectivity index (χ1n) is 11.3. The Bertz CT molecular complexity index is 994. The number of fused-ring (bicyclic) bond motifs is 1. The second-order valence-electron chi connectivity index (χ2n) is 8.80. The van der Waals surface area contributed by atoms with Crippen LogP contribution < -0.4 is 14.5 Å². The van der Waals surface area contributed by atoms with Gasteiger partial charge in [0.25, 0.3) is 0 Å². The number of ether oxygens (including phenoxy) is 2. The molecule has 0 aromatic heterocycles. The Labute approximate surface area is 198 Å². The summed E-state index contributed by atoms with van der Waals surface area (Å²) in [7, 11) is 0. The Morgan fingerprint density at radius 3 is 2.31 bits per heavy atom. The molecule has 0 bridgehead atoms. The molecule has 0 saturated carbocycles. The van der Waals surface area contributed by atoms with Crippen LogP contribution in [0.2, 0.25) is 0 Å². The summed E-state index contributed by atoms with van der Waals surface area (Å²) < 4.78 is 87.8. The second-order valence-corrected chi connectivity index (χ2v) is 8.80. The van der Waals surface area contributed by atoms with Gasteiger partial charge in [-0.15, -0.1) is 13.2 Å². The van der Waals surface area contributed by atoms with Gasteiger partial charge in [0, 0.05) is 26.3 Å². The molecule has 0 spiro atoms. The van der Waals surface area contributed by atoms with Gasteiger partial charge in [-0.05, 0) is 48.6 Å². The number of hydrogen-bond donors (Lipinski definition) is 1. The normalized spacial score (nSPS) is 20.5. The summed E-state index contributed by atoms with van der Waals surface area (Å²) in [6, 6.07) is 11.4. The number of aliphatic hydroxyl groups excluding tert-OH is 1. The Balaban J connectivity index is 1.72. The molecule has 2 heterocycles. The monoisotopic (exact) mass is 504 g/mol. The zero-order valence-corrected chi connectivity index (χ0v) is 18.7. The van der Waals surface area contributed by atoms with E-state index in [4.69, 9.17) is 4.74 Å². The van der Waals surface area contributed by atoms with E-state index in [9.17, 15) is 31.4 Å². The molecule has 2 aliphatic heterocycles. The Morgan fingerprint density at radius 2 is 1.66 bits per heavy atom. The van der Waals surface area contributed by atoms with E-state index in [1.807, 2.05) is 0 Å². The highest BCUT2D eigenvalue weighted by atomic mass is 19.4. The number of nitrogens with zero attached hydrogens (tertiary/aromatic N) is 2. The van der Waals surface area contributed by atoms with E-state index in [2.05, 4.69) is 9.64 Å². The fraction of sp³-hybridized carbons (Fsp3) is 0.500. The third-order valence-corrected chi connectivity index (χ3v) is 6.34. The number of hydrogen-bond acceptors (Lipinski definition) is 5. The predicted molar refractivity (Wildman–Crippen MR) is 117 cm³/mol. The van der Waals surface area contributed by atoms with Crippen LogP contribution >= 0.6 is 0 Å². The summed E-state index contributed by atoms with van der Waals surface area (Å²) in [5.41, 5.74) is 1.54. The van der Waals surface area contributed by atoms with Crippen molar-refractivity contribution in [3.63, 3.8) is 0 Å². The highest BCUT2D eigenvalue weighted by Crippen LogP contribution is 2.43. The maximum Gasteiger partial charge on any atom is 0.573 e. The van der Waals surface area contributed by atoms with Gasteiger partial charge >= 0.3 is 12.5 Å². The van der Waals surface area contributed by atoms with Crippen molar-refractivity contribution in [2.45, 2.75) is 37.5 Å². The molecule has 11 heteroatoms. The molecule has 1 saturated heterocycles. The average Bonchev–Trinajstić information content (AvgIpc) is 2.79. The van der Waals surface area contributed by atoms with Gasteiger partial charge in [-0.1, -0.05) is 24.3 Å². The SMILES string of the molecule is OC(CN1c2ccccc2N(CC2CCOCC2)CC1c1cccc(OC(F)(F)F)c1)C(F)(F)F. The van der Waals surface area contributed by atoms with Crippen molar-refractivity contribution in [2.75, 3.05) is 42.6 Å². The van der Waals surface area contributed by atoms with Gasteiger partial charge in [-0.25, -0.2) is 0 Å². The summed E-state index contributed by atoms with van der Waals surface area (Å²) in [5, 5.41) is 9.89. The molecule has 0 aliphatic carbocycles. The van der Waals surface area contributed by atoms with Gasteiger partial charge in [-0.3, -0.25) is 0 Å². The first-order chi connectivity index (χ1) is 16.5. The fourth-order valence-electron chi connectivity index (χ4n) is 4.68. The lowest BCUT2D eigenvalue weighted by Gasteiger charge is -2.46. The molecule has 4 rings (SSSR count). The highest BCUT2D eigenvalue weighted by Gasteiger charge is 2.43. The van der Waals surface area contributed by atoms with Gasteiger partial charge in [0.1, 0.15) is 5.75 Å². The number of benzene rings is 2. The second kappa shape index (κ2) is 10.1. The molecule has 0 amide bonds. The fourth-order valence-corrected chi connectivity index (χ4v) is 4.68. The van der Waals surface area contributed by atoms with Crippen LogP contribution in [-0.2, 0) is 4.74 Å². The van der Waals surface area contributed by atoms with E-state index in [-0.39, 0.29) is 6.54 Å². The molecule has 5 nitrogen and oxygen atoms in total. The van der Waals surface area contributed by atoms with Crippen LogP contribution in [0.1, 0.15) is 24.4 Å². The molecule has 2 aromatic rings. The third kappa shape index (κ3) is 6.32. The highest BCUT2D eigenvalue weighted by molar-refractivity contribution is 5.74. The molecule has 2 unspecified atom stereocenters. The zero-order chi connectivity index (χ0) is 25.2. The summed E-state index contributed by atoms with van der Waals surface area (Å²) in [6.07, 6.45) is -10.7. The molecule has 2 aliphatic rings.